The minimum absolute atomic E-state index is 0.0321. The fourth-order valence-corrected chi connectivity index (χ4v) is 3.34. The van der Waals surface area contributed by atoms with Crippen LogP contribution in [0, 0.1) is 13.8 Å². The van der Waals surface area contributed by atoms with Crippen LogP contribution >= 0.6 is 11.3 Å². The van der Waals surface area contributed by atoms with Crippen LogP contribution in [0.2, 0.25) is 0 Å². The van der Waals surface area contributed by atoms with Crippen molar-refractivity contribution in [1.82, 2.24) is 20.4 Å². The lowest BCUT2D eigenvalue weighted by Gasteiger charge is -2.16. The van der Waals surface area contributed by atoms with Crippen molar-refractivity contribution in [3.05, 3.63) is 51.7 Å². The lowest BCUT2D eigenvalue weighted by molar-refractivity contribution is 0.553. The predicted octanol–water partition coefficient (Wildman–Crippen LogP) is 2.45. The molecule has 108 valence electrons. The minimum atomic E-state index is -0.0321. The first kappa shape index (κ1) is 14.1. The van der Waals surface area contributed by atoms with Gasteiger partial charge in [0.1, 0.15) is 0 Å². The van der Waals surface area contributed by atoms with Gasteiger partial charge in [0.15, 0.2) is 0 Å². The number of hydrogen-bond acceptors (Lipinski definition) is 6. The monoisotopic (exact) mass is 299 g/mol. The first-order valence-corrected chi connectivity index (χ1v) is 7.59. The fourth-order valence-electron chi connectivity index (χ4n) is 2.36. The molecular formula is C15H17N5S. The number of aromatic nitrogens is 3. The Bertz CT molecular complexity index is 743. The molecule has 1 unspecified atom stereocenters. The normalized spacial score (nSPS) is 12.7. The minimum Gasteiger partial charge on any atom is -0.271 e. The molecule has 21 heavy (non-hydrogen) atoms. The summed E-state index contributed by atoms with van der Waals surface area (Å²) in [6.07, 6.45) is 4.15. The standard InChI is InChI=1S/C15H17N5S/c1-9-10(2)21-14(19-9)8-13(20-16)11-4-3-5-12-15(11)18-7-6-17-12/h3-7,13,20H,8,16H2,1-2H3. The third-order valence-electron chi connectivity index (χ3n) is 3.56. The lowest BCUT2D eigenvalue weighted by Crippen LogP contribution is -2.29. The predicted molar refractivity (Wildman–Crippen MR) is 84.9 cm³/mol. The second-order valence-corrected chi connectivity index (χ2v) is 6.23. The number of nitrogens with zero attached hydrogens (tertiary/aromatic N) is 3. The maximum absolute atomic E-state index is 5.77. The molecule has 0 fully saturated rings. The number of fused-ring (bicyclic) bond motifs is 1. The second-order valence-electron chi connectivity index (χ2n) is 4.94. The number of hydrogen-bond donors (Lipinski definition) is 2. The summed E-state index contributed by atoms with van der Waals surface area (Å²) in [7, 11) is 0. The van der Waals surface area contributed by atoms with Gasteiger partial charge in [-0.05, 0) is 25.5 Å². The van der Waals surface area contributed by atoms with Crippen molar-refractivity contribution in [2.24, 2.45) is 5.84 Å². The zero-order chi connectivity index (χ0) is 14.8. The van der Waals surface area contributed by atoms with Crippen LogP contribution in [0.25, 0.3) is 11.0 Å². The van der Waals surface area contributed by atoms with Crippen molar-refractivity contribution in [2.75, 3.05) is 0 Å². The lowest BCUT2D eigenvalue weighted by atomic mass is 10.0. The van der Waals surface area contributed by atoms with E-state index in [0.717, 1.165) is 33.7 Å². The Kier molecular flexibility index (Phi) is 3.92. The van der Waals surface area contributed by atoms with Gasteiger partial charge in [-0.1, -0.05) is 12.1 Å². The molecule has 0 aliphatic carbocycles. The molecule has 1 aromatic carbocycles. The zero-order valence-corrected chi connectivity index (χ0v) is 12.8. The first-order chi connectivity index (χ1) is 10.2. The Labute approximate surface area is 127 Å². The molecule has 0 radical (unpaired) electrons. The van der Waals surface area contributed by atoms with Crippen molar-refractivity contribution in [1.29, 1.82) is 0 Å². The third kappa shape index (κ3) is 2.78. The maximum Gasteiger partial charge on any atom is 0.0950 e. The Hall–Kier alpha value is -1.89. The third-order valence-corrected chi connectivity index (χ3v) is 4.65. The topological polar surface area (TPSA) is 76.7 Å². The molecule has 5 nitrogen and oxygen atoms in total. The van der Waals surface area contributed by atoms with Crippen LogP contribution in [0.4, 0.5) is 0 Å². The van der Waals surface area contributed by atoms with Gasteiger partial charge in [-0.15, -0.1) is 11.3 Å². The average molecular weight is 299 g/mol. The Morgan fingerprint density at radius 1 is 1.24 bits per heavy atom. The van der Waals surface area contributed by atoms with Crippen molar-refractivity contribution < 1.29 is 0 Å². The smallest absolute Gasteiger partial charge is 0.0950 e. The summed E-state index contributed by atoms with van der Waals surface area (Å²) in [5, 5.41) is 1.08. The Morgan fingerprint density at radius 3 is 2.76 bits per heavy atom. The molecule has 0 amide bonds. The van der Waals surface area contributed by atoms with Gasteiger partial charge in [-0.25, -0.2) is 4.98 Å². The number of rotatable bonds is 4. The number of hydrazine groups is 1. The van der Waals surface area contributed by atoms with E-state index in [1.165, 1.54) is 4.88 Å². The number of benzene rings is 1. The Morgan fingerprint density at radius 2 is 2.05 bits per heavy atom. The van der Waals surface area contributed by atoms with Crippen LogP contribution in [-0.4, -0.2) is 15.0 Å². The summed E-state index contributed by atoms with van der Waals surface area (Å²) >= 11 is 1.72. The van der Waals surface area contributed by atoms with E-state index in [0.29, 0.717) is 0 Å². The van der Waals surface area contributed by atoms with Gasteiger partial charge in [0, 0.05) is 23.7 Å². The summed E-state index contributed by atoms with van der Waals surface area (Å²) in [4.78, 5) is 14.6. The maximum atomic E-state index is 5.77. The van der Waals surface area contributed by atoms with Gasteiger partial charge in [-0.3, -0.25) is 21.2 Å². The van der Waals surface area contributed by atoms with E-state index < -0.39 is 0 Å². The Balaban J connectivity index is 1.98. The van der Waals surface area contributed by atoms with Crippen LogP contribution in [-0.2, 0) is 6.42 Å². The molecule has 0 saturated carbocycles. The van der Waals surface area contributed by atoms with Gasteiger partial charge >= 0.3 is 0 Å². The molecule has 0 spiro atoms. The van der Waals surface area contributed by atoms with Crippen molar-refractivity contribution in [3.8, 4) is 0 Å². The highest BCUT2D eigenvalue weighted by atomic mass is 32.1. The molecule has 0 aliphatic rings. The van der Waals surface area contributed by atoms with Crippen LogP contribution in [0.3, 0.4) is 0 Å². The van der Waals surface area contributed by atoms with Gasteiger partial charge < -0.3 is 0 Å². The van der Waals surface area contributed by atoms with E-state index in [-0.39, 0.29) is 6.04 Å². The number of para-hydroxylation sites is 1. The summed E-state index contributed by atoms with van der Waals surface area (Å²) in [5.41, 5.74) is 6.78. The fraction of sp³-hybridized carbons (Fsp3) is 0.267. The van der Waals surface area contributed by atoms with Crippen LogP contribution < -0.4 is 11.3 Å². The highest BCUT2D eigenvalue weighted by Crippen LogP contribution is 2.26. The number of nitrogens with one attached hydrogen (secondary N) is 1. The van der Waals surface area contributed by atoms with Crippen LogP contribution in [0.1, 0.15) is 27.2 Å². The molecule has 1 atom stereocenters. The van der Waals surface area contributed by atoms with E-state index >= 15 is 0 Å². The van der Waals surface area contributed by atoms with Crippen molar-refractivity contribution in [2.45, 2.75) is 26.3 Å². The van der Waals surface area contributed by atoms with Gasteiger partial charge in [0.05, 0.1) is 27.8 Å². The molecule has 3 aromatic rings. The first-order valence-electron chi connectivity index (χ1n) is 6.77. The zero-order valence-electron chi connectivity index (χ0n) is 12.0. The van der Waals surface area contributed by atoms with E-state index in [1.807, 2.05) is 25.1 Å². The SMILES string of the molecule is Cc1nc(CC(NN)c2cccc3nccnc23)sc1C. The molecule has 2 aromatic heterocycles. The number of aryl methyl sites for hydroxylation is 2. The van der Waals surface area contributed by atoms with E-state index in [2.05, 4.69) is 27.3 Å². The second kappa shape index (κ2) is 5.85. The highest BCUT2D eigenvalue weighted by molar-refractivity contribution is 7.11. The molecule has 2 heterocycles. The summed E-state index contributed by atoms with van der Waals surface area (Å²) < 4.78 is 0. The van der Waals surface area contributed by atoms with Crippen LogP contribution in [0.5, 0.6) is 0 Å². The highest BCUT2D eigenvalue weighted by Gasteiger charge is 2.17. The summed E-state index contributed by atoms with van der Waals surface area (Å²) in [6.45, 7) is 4.12. The van der Waals surface area contributed by atoms with Gasteiger partial charge in [0.2, 0.25) is 0 Å². The molecular weight excluding hydrogens is 282 g/mol. The summed E-state index contributed by atoms with van der Waals surface area (Å²) in [5.74, 6) is 5.77. The molecule has 0 bridgehead atoms. The van der Waals surface area contributed by atoms with E-state index in [1.54, 1.807) is 23.7 Å². The molecule has 0 saturated heterocycles. The molecule has 0 aliphatic heterocycles. The van der Waals surface area contributed by atoms with Gasteiger partial charge in [-0.2, -0.15) is 0 Å². The summed E-state index contributed by atoms with van der Waals surface area (Å²) in [6, 6.07) is 5.94. The number of thiazole rings is 1. The van der Waals surface area contributed by atoms with Gasteiger partial charge in [0.25, 0.3) is 0 Å². The molecule has 3 rings (SSSR count). The quantitative estimate of drug-likeness (QED) is 0.571. The average Bonchev–Trinajstić information content (AvgIpc) is 2.82. The molecule has 6 heteroatoms. The van der Waals surface area contributed by atoms with Crippen LogP contribution in [0.15, 0.2) is 30.6 Å². The molecule has 3 N–H and O–H groups in total. The van der Waals surface area contributed by atoms with Crippen molar-refractivity contribution >= 4 is 22.4 Å². The van der Waals surface area contributed by atoms with Crippen molar-refractivity contribution in [3.63, 3.8) is 0 Å². The number of nitrogens with two attached hydrogens (primary N) is 1. The largest absolute Gasteiger partial charge is 0.271 e. The van der Waals surface area contributed by atoms with E-state index in [4.69, 9.17) is 5.84 Å². The van der Waals surface area contributed by atoms with E-state index in [9.17, 15) is 0 Å².